The summed E-state index contributed by atoms with van der Waals surface area (Å²) >= 11 is 0. The highest BCUT2D eigenvalue weighted by Gasteiger charge is 2.07. The molecule has 4 heteroatoms. The van der Waals surface area contributed by atoms with Gasteiger partial charge in [0.15, 0.2) is 5.96 Å². The van der Waals surface area contributed by atoms with Gasteiger partial charge in [-0.3, -0.25) is 4.99 Å². The molecule has 1 aliphatic rings. The number of hydrogen-bond donors (Lipinski definition) is 2. The van der Waals surface area contributed by atoms with Crippen LogP contribution in [0, 0.1) is 12.3 Å². The number of nitrogens with one attached hydrogen (secondary N) is 2. The lowest BCUT2D eigenvalue weighted by atomic mass is 10.2. The van der Waals surface area contributed by atoms with Gasteiger partial charge in [0.25, 0.3) is 0 Å². The maximum atomic E-state index is 5.24. The molecule has 108 valence electrons. The van der Waals surface area contributed by atoms with Crippen LogP contribution in [0.4, 0.5) is 0 Å². The van der Waals surface area contributed by atoms with Crippen molar-refractivity contribution >= 4 is 5.96 Å². The van der Waals surface area contributed by atoms with Crippen molar-refractivity contribution in [1.82, 2.24) is 15.5 Å². The summed E-state index contributed by atoms with van der Waals surface area (Å²) in [5, 5.41) is 6.30. The van der Waals surface area contributed by atoms with Crippen LogP contribution in [0.1, 0.15) is 39.0 Å². The first-order valence-electron chi connectivity index (χ1n) is 7.54. The second-order valence-electron chi connectivity index (χ2n) is 4.93. The molecule has 0 aromatic carbocycles. The van der Waals surface area contributed by atoms with Crippen molar-refractivity contribution in [1.29, 1.82) is 0 Å². The number of nitrogens with zero attached hydrogens (tertiary/aromatic N) is 2. The van der Waals surface area contributed by atoms with Gasteiger partial charge in [-0.15, -0.1) is 6.42 Å². The quantitative estimate of drug-likeness (QED) is 0.330. The maximum absolute atomic E-state index is 5.24. The Morgan fingerprint density at radius 3 is 2.58 bits per heavy atom. The fourth-order valence-electron chi connectivity index (χ4n) is 2.32. The predicted octanol–water partition coefficient (Wildman–Crippen LogP) is 1.44. The molecular formula is C15H28N4. The summed E-state index contributed by atoms with van der Waals surface area (Å²) in [4.78, 5) is 7.10. The summed E-state index contributed by atoms with van der Waals surface area (Å²) in [6.07, 6.45) is 11.9. The molecule has 1 fully saturated rings. The molecule has 0 atom stereocenters. The lowest BCUT2D eigenvalue weighted by Crippen LogP contribution is -2.37. The van der Waals surface area contributed by atoms with Crippen molar-refractivity contribution in [3.8, 4) is 12.3 Å². The number of terminal acetylenes is 1. The summed E-state index contributed by atoms with van der Waals surface area (Å²) < 4.78 is 0. The van der Waals surface area contributed by atoms with Gasteiger partial charge in [-0.2, -0.15) is 0 Å². The molecule has 1 rings (SSSR count). The number of guanidine groups is 1. The molecule has 0 aliphatic carbocycles. The van der Waals surface area contributed by atoms with Gasteiger partial charge in [0.2, 0.25) is 0 Å². The fraction of sp³-hybridized carbons (Fsp3) is 0.800. The number of likely N-dealkylation sites (tertiary alicyclic amines) is 1. The number of rotatable bonds is 6. The Labute approximate surface area is 118 Å². The van der Waals surface area contributed by atoms with Crippen molar-refractivity contribution < 1.29 is 0 Å². The van der Waals surface area contributed by atoms with Gasteiger partial charge in [-0.1, -0.05) is 18.8 Å². The van der Waals surface area contributed by atoms with Crippen LogP contribution in [-0.4, -0.2) is 50.1 Å². The summed E-state index contributed by atoms with van der Waals surface area (Å²) in [7, 11) is 0. The third-order valence-corrected chi connectivity index (χ3v) is 3.30. The molecule has 0 aromatic heterocycles. The topological polar surface area (TPSA) is 39.7 Å². The van der Waals surface area contributed by atoms with Gasteiger partial charge < -0.3 is 15.5 Å². The average Bonchev–Trinajstić information content (AvgIpc) is 2.69. The Morgan fingerprint density at radius 1 is 1.21 bits per heavy atom. The van der Waals surface area contributed by atoms with E-state index in [9.17, 15) is 0 Å². The molecule has 1 heterocycles. The van der Waals surface area contributed by atoms with Gasteiger partial charge in [0, 0.05) is 13.1 Å². The first-order valence-corrected chi connectivity index (χ1v) is 7.54. The standard InChI is InChI=1S/C15H28N4/c1-3-10-17-15(16-4-2)18-11-9-14-19-12-7-5-6-8-13-19/h1H,4-14H2,2H3,(H2,16,17,18). The summed E-state index contributed by atoms with van der Waals surface area (Å²) in [5.74, 6) is 3.40. The lowest BCUT2D eigenvalue weighted by molar-refractivity contribution is 0.283. The van der Waals surface area contributed by atoms with Crippen molar-refractivity contribution in [3.63, 3.8) is 0 Å². The van der Waals surface area contributed by atoms with Crippen LogP contribution in [-0.2, 0) is 0 Å². The molecule has 0 saturated carbocycles. The molecule has 0 spiro atoms. The predicted molar refractivity (Wildman–Crippen MR) is 82.3 cm³/mol. The smallest absolute Gasteiger partial charge is 0.192 e. The van der Waals surface area contributed by atoms with Crippen LogP contribution < -0.4 is 10.6 Å². The van der Waals surface area contributed by atoms with E-state index in [-0.39, 0.29) is 0 Å². The van der Waals surface area contributed by atoms with Crippen LogP contribution in [0.15, 0.2) is 4.99 Å². The largest absolute Gasteiger partial charge is 0.357 e. The van der Waals surface area contributed by atoms with E-state index < -0.39 is 0 Å². The van der Waals surface area contributed by atoms with Crippen LogP contribution in [0.2, 0.25) is 0 Å². The van der Waals surface area contributed by atoms with Crippen LogP contribution >= 0.6 is 0 Å². The number of aliphatic imine (C=N–C) groups is 1. The molecule has 2 N–H and O–H groups in total. The van der Waals surface area contributed by atoms with Crippen LogP contribution in [0.5, 0.6) is 0 Å². The first-order chi connectivity index (χ1) is 9.36. The second-order valence-corrected chi connectivity index (χ2v) is 4.93. The average molecular weight is 264 g/mol. The van der Waals surface area contributed by atoms with Gasteiger partial charge in [-0.05, 0) is 45.8 Å². The Bertz CT molecular complexity index is 285. The second kappa shape index (κ2) is 10.7. The van der Waals surface area contributed by atoms with E-state index in [1.54, 1.807) is 0 Å². The van der Waals surface area contributed by atoms with Gasteiger partial charge >= 0.3 is 0 Å². The van der Waals surface area contributed by atoms with Crippen molar-refractivity contribution in [3.05, 3.63) is 0 Å². The zero-order valence-corrected chi connectivity index (χ0v) is 12.2. The van der Waals surface area contributed by atoms with Crippen molar-refractivity contribution in [2.24, 2.45) is 4.99 Å². The molecule has 0 aromatic rings. The Hall–Kier alpha value is -1.21. The fourth-order valence-corrected chi connectivity index (χ4v) is 2.32. The van der Waals surface area contributed by atoms with Crippen molar-refractivity contribution in [2.75, 3.05) is 39.3 Å². The Kier molecular flexibility index (Phi) is 8.91. The minimum Gasteiger partial charge on any atom is -0.357 e. The highest BCUT2D eigenvalue weighted by molar-refractivity contribution is 5.79. The van der Waals surface area contributed by atoms with E-state index in [2.05, 4.69) is 33.4 Å². The summed E-state index contributed by atoms with van der Waals surface area (Å²) in [6, 6.07) is 0. The highest BCUT2D eigenvalue weighted by Crippen LogP contribution is 2.09. The Balaban J connectivity index is 2.19. The maximum Gasteiger partial charge on any atom is 0.192 e. The summed E-state index contributed by atoms with van der Waals surface area (Å²) in [5.41, 5.74) is 0. The van der Waals surface area contributed by atoms with Gasteiger partial charge in [0.1, 0.15) is 0 Å². The minimum absolute atomic E-state index is 0.526. The van der Waals surface area contributed by atoms with Gasteiger partial charge in [-0.25, -0.2) is 0 Å². The number of hydrogen-bond acceptors (Lipinski definition) is 2. The van der Waals surface area contributed by atoms with E-state index in [4.69, 9.17) is 6.42 Å². The molecule has 0 amide bonds. The third kappa shape index (κ3) is 7.74. The zero-order chi connectivity index (χ0) is 13.8. The normalized spacial score (nSPS) is 17.6. The first kappa shape index (κ1) is 15.8. The van der Waals surface area contributed by atoms with E-state index in [0.717, 1.165) is 32.0 Å². The molecule has 19 heavy (non-hydrogen) atoms. The lowest BCUT2D eigenvalue weighted by Gasteiger charge is -2.19. The van der Waals surface area contributed by atoms with Gasteiger partial charge in [0.05, 0.1) is 6.54 Å². The monoisotopic (exact) mass is 264 g/mol. The highest BCUT2D eigenvalue weighted by atomic mass is 15.2. The van der Waals surface area contributed by atoms with E-state index in [1.807, 2.05) is 0 Å². The van der Waals surface area contributed by atoms with E-state index in [0.29, 0.717) is 6.54 Å². The van der Waals surface area contributed by atoms with E-state index >= 15 is 0 Å². The molecule has 0 unspecified atom stereocenters. The van der Waals surface area contributed by atoms with Crippen LogP contribution in [0.3, 0.4) is 0 Å². The summed E-state index contributed by atoms with van der Waals surface area (Å²) in [6.45, 7) is 8.00. The zero-order valence-electron chi connectivity index (χ0n) is 12.2. The minimum atomic E-state index is 0.526. The molecule has 1 saturated heterocycles. The van der Waals surface area contributed by atoms with E-state index in [1.165, 1.54) is 38.8 Å². The SMILES string of the molecule is C#CCNC(=NCCCN1CCCCCC1)NCC. The van der Waals surface area contributed by atoms with Crippen LogP contribution in [0.25, 0.3) is 0 Å². The molecule has 1 aliphatic heterocycles. The molecule has 4 nitrogen and oxygen atoms in total. The molecule has 0 bridgehead atoms. The van der Waals surface area contributed by atoms with Crippen molar-refractivity contribution in [2.45, 2.75) is 39.0 Å². The molecule has 0 radical (unpaired) electrons. The molecular weight excluding hydrogens is 236 g/mol. The Morgan fingerprint density at radius 2 is 1.95 bits per heavy atom. The third-order valence-electron chi connectivity index (χ3n) is 3.30.